The molecule has 11 heteroatoms. The fraction of sp³-hybridized carbons (Fsp3) is 0.429. The van der Waals surface area contributed by atoms with Crippen LogP contribution < -0.4 is 11.4 Å². The lowest BCUT2D eigenvalue weighted by Gasteiger charge is -2.16. The van der Waals surface area contributed by atoms with E-state index in [1.54, 1.807) is 27.7 Å². The molecular weight excluding hydrogens is 432 g/mol. The predicted octanol–water partition coefficient (Wildman–Crippen LogP) is 2.59. The summed E-state index contributed by atoms with van der Waals surface area (Å²) in [7, 11) is -3.27. The number of fused-ring (bicyclic) bond motifs is 1. The molecule has 10 nitrogen and oxygen atoms in total. The fourth-order valence-electron chi connectivity index (χ4n) is 3.11. The summed E-state index contributed by atoms with van der Waals surface area (Å²) >= 11 is 0. The van der Waals surface area contributed by atoms with Gasteiger partial charge in [-0.1, -0.05) is 37.3 Å². The molecule has 0 spiro atoms. The van der Waals surface area contributed by atoms with Crippen molar-refractivity contribution in [2.24, 2.45) is 5.41 Å². The molecule has 1 unspecified atom stereocenters. The lowest BCUT2D eigenvalue weighted by atomic mass is 9.98. The van der Waals surface area contributed by atoms with Gasteiger partial charge in [0.25, 0.3) is 0 Å². The van der Waals surface area contributed by atoms with E-state index in [2.05, 4.69) is 9.97 Å². The number of carbonyl (C=O) groups is 1. The Kier molecular flexibility index (Phi) is 6.40. The molecule has 0 saturated carbocycles. The molecule has 0 aliphatic heterocycles. The van der Waals surface area contributed by atoms with Gasteiger partial charge in [-0.2, -0.15) is 4.98 Å². The highest BCUT2D eigenvalue weighted by molar-refractivity contribution is 7.92. The summed E-state index contributed by atoms with van der Waals surface area (Å²) in [5, 5.41) is -0.213. The average molecular weight is 461 g/mol. The summed E-state index contributed by atoms with van der Waals surface area (Å²) in [6.07, 6.45) is 0.504. The molecule has 0 amide bonds. The number of hydrogen-bond acceptors (Lipinski definition) is 8. The number of anilines is 1. The number of hydrogen-bond donors (Lipinski definition) is 2. The van der Waals surface area contributed by atoms with E-state index in [0.29, 0.717) is 6.42 Å². The highest BCUT2D eigenvalue weighted by atomic mass is 32.2. The number of aromatic nitrogens is 4. The molecule has 0 aliphatic rings. The Morgan fingerprint density at radius 3 is 2.44 bits per heavy atom. The third-order valence-electron chi connectivity index (χ3n) is 4.77. The standard InChI is InChI=1S/C21H28N6O4S/c1-5-11-32(23,30)19-24-16(22)15-17(25-19)26(12-14-9-7-6-8-10-14)20(29)27(15)13-31-18(28)21(2,3)4/h6-10,23H,5,11-13H2,1-4H3,(H2,22,24,25). The Hall–Kier alpha value is -3.21. The van der Waals surface area contributed by atoms with E-state index in [-0.39, 0.29) is 41.2 Å². The van der Waals surface area contributed by atoms with Crippen molar-refractivity contribution in [1.29, 1.82) is 4.78 Å². The van der Waals surface area contributed by atoms with Gasteiger partial charge < -0.3 is 10.5 Å². The van der Waals surface area contributed by atoms with E-state index >= 15 is 0 Å². The van der Waals surface area contributed by atoms with E-state index in [1.807, 2.05) is 30.3 Å². The van der Waals surface area contributed by atoms with Gasteiger partial charge in [0.05, 0.1) is 12.0 Å². The van der Waals surface area contributed by atoms with Crippen LogP contribution in [0.1, 0.15) is 39.7 Å². The third kappa shape index (κ3) is 4.67. The molecule has 1 aromatic carbocycles. The number of esters is 1. The zero-order valence-electron chi connectivity index (χ0n) is 18.6. The van der Waals surface area contributed by atoms with Crippen LogP contribution in [0.25, 0.3) is 11.2 Å². The van der Waals surface area contributed by atoms with E-state index in [4.69, 9.17) is 15.3 Å². The van der Waals surface area contributed by atoms with Crippen LogP contribution >= 0.6 is 0 Å². The fourth-order valence-corrected chi connectivity index (χ4v) is 4.35. The minimum absolute atomic E-state index is 0.0742. The zero-order chi connectivity index (χ0) is 23.7. The van der Waals surface area contributed by atoms with Crippen molar-refractivity contribution in [2.75, 3.05) is 11.5 Å². The van der Waals surface area contributed by atoms with Crippen LogP contribution in [-0.2, 0) is 32.5 Å². The molecule has 0 radical (unpaired) electrons. The highest BCUT2D eigenvalue weighted by Gasteiger charge is 2.26. The van der Waals surface area contributed by atoms with Gasteiger partial charge in [-0.05, 0) is 32.8 Å². The molecule has 0 fully saturated rings. The lowest BCUT2D eigenvalue weighted by Crippen LogP contribution is -2.29. The molecule has 2 aromatic heterocycles. The van der Waals surface area contributed by atoms with E-state index in [1.165, 1.54) is 9.13 Å². The van der Waals surface area contributed by atoms with Gasteiger partial charge in [-0.25, -0.2) is 18.8 Å². The molecule has 172 valence electrons. The van der Waals surface area contributed by atoms with Crippen molar-refractivity contribution >= 4 is 32.7 Å². The third-order valence-corrected chi connectivity index (χ3v) is 6.52. The van der Waals surface area contributed by atoms with Crippen molar-refractivity contribution in [1.82, 2.24) is 19.1 Å². The molecule has 3 aromatic rings. The Bertz CT molecular complexity index is 1300. The number of carbonyl (C=O) groups excluding carboxylic acids is 1. The number of nitrogens with one attached hydrogen (secondary N) is 1. The number of imidazole rings is 1. The molecule has 0 aliphatic carbocycles. The molecule has 3 rings (SSSR count). The number of benzene rings is 1. The normalized spacial score (nSPS) is 13.8. The maximum Gasteiger partial charge on any atom is 0.333 e. The van der Waals surface area contributed by atoms with Crippen LogP contribution in [0.15, 0.2) is 40.3 Å². The van der Waals surface area contributed by atoms with Crippen LogP contribution in [0.5, 0.6) is 0 Å². The first-order valence-corrected chi connectivity index (χ1v) is 11.9. The first-order chi connectivity index (χ1) is 15.0. The topological polar surface area (TPSA) is 146 Å². The lowest BCUT2D eigenvalue weighted by molar-refractivity contribution is -0.156. The number of nitrogen functional groups attached to an aromatic ring is 1. The minimum atomic E-state index is -3.27. The van der Waals surface area contributed by atoms with Crippen molar-refractivity contribution < 1.29 is 13.7 Å². The van der Waals surface area contributed by atoms with Gasteiger partial charge in [0.1, 0.15) is 15.2 Å². The number of rotatable bonds is 7. The molecule has 1 atom stereocenters. The molecule has 2 heterocycles. The first kappa shape index (κ1) is 23.5. The van der Waals surface area contributed by atoms with Crippen LogP contribution in [0.2, 0.25) is 0 Å². The molecule has 32 heavy (non-hydrogen) atoms. The van der Waals surface area contributed by atoms with Crippen LogP contribution in [-0.4, -0.2) is 35.0 Å². The second-order valence-corrected chi connectivity index (χ2v) is 10.7. The van der Waals surface area contributed by atoms with Crippen molar-refractivity contribution in [2.45, 2.75) is 52.5 Å². The second-order valence-electron chi connectivity index (χ2n) is 8.54. The summed E-state index contributed by atoms with van der Waals surface area (Å²) in [6.45, 7) is 6.73. The quantitative estimate of drug-likeness (QED) is 0.407. The van der Waals surface area contributed by atoms with Gasteiger partial charge in [0.15, 0.2) is 18.2 Å². The number of ether oxygens (including phenoxy) is 1. The Balaban J connectivity index is 2.20. The van der Waals surface area contributed by atoms with Gasteiger partial charge in [0, 0.05) is 5.75 Å². The van der Waals surface area contributed by atoms with Crippen LogP contribution in [0.4, 0.5) is 5.82 Å². The van der Waals surface area contributed by atoms with Gasteiger partial charge in [0.2, 0.25) is 5.16 Å². The van der Waals surface area contributed by atoms with E-state index in [0.717, 1.165) is 5.56 Å². The van der Waals surface area contributed by atoms with Crippen LogP contribution in [0.3, 0.4) is 0 Å². The van der Waals surface area contributed by atoms with Gasteiger partial charge in [-0.15, -0.1) is 0 Å². The summed E-state index contributed by atoms with van der Waals surface area (Å²) < 4.78 is 28.9. The van der Waals surface area contributed by atoms with Crippen LogP contribution in [0, 0.1) is 10.2 Å². The number of nitrogens with two attached hydrogens (primary N) is 1. The maximum absolute atomic E-state index is 13.3. The van der Waals surface area contributed by atoms with Gasteiger partial charge >= 0.3 is 11.7 Å². The largest absolute Gasteiger partial charge is 0.443 e. The van der Waals surface area contributed by atoms with E-state index < -0.39 is 26.8 Å². The maximum atomic E-state index is 13.3. The molecule has 0 bridgehead atoms. The summed E-state index contributed by atoms with van der Waals surface area (Å²) in [6, 6.07) is 9.26. The van der Waals surface area contributed by atoms with Gasteiger partial charge in [-0.3, -0.25) is 13.9 Å². The summed E-state index contributed by atoms with van der Waals surface area (Å²) in [5.74, 6) is -0.511. The second kappa shape index (κ2) is 8.73. The van der Waals surface area contributed by atoms with Crippen molar-refractivity contribution in [3.63, 3.8) is 0 Å². The minimum Gasteiger partial charge on any atom is -0.443 e. The predicted molar refractivity (Wildman–Crippen MR) is 122 cm³/mol. The molecule has 0 saturated heterocycles. The van der Waals surface area contributed by atoms with Crippen molar-refractivity contribution in [3.8, 4) is 0 Å². The molecular formula is C21H28N6O4S. The van der Waals surface area contributed by atoms with Crippen molar-refractivity contribution in [3.05, 3.63) is 46.4 Å². The Labute approximate surface area is 186 Å². The summed E-state index contributed by atoms with van der Waals surface area (Å²) in [4.78, 5) is 33.9. The average Bonchev–Trinajstić information content (AvgIpc) is 2.98. The smallest absolute Gasteiger partial charge is 0.333 e. The zero-order valence-corrected chi connectivity index (χ0v) is 19.4. The van der Waals surface area contributed by atoms with E-state index in [9.17, 15) is 13.8 Å². The summed E-state index contributed by atoms with van der Waals surface area (Å²) in [5.41, 5.74) is 6.03. The number of nitrogens with zero attached hydrogens (tertiary/aromatic N) is 4. The first-order valence-electron chi connectivity index (χ1n) is 10.2. The SMILES string of the molecule is CCCS(=N)(=O)c1nc(N)c2c(n1)n(Cc1ccccc1)c(=O)n2COC(=O)C(C)(C)C. The highest BCUT2D eigenvalue weighted by Crippen LogP contribution is 2.22. The Morgan fingerprint density at radius 1 is 1.19 bits per heavy atom. The molecule has 3 N–H and O–H groups in total. The Morgan fingerprint density at radius 2 is 1.84 bits per heavy atom. The monoisotopic (exact) mass is 460 g/mol.